The third kappa shape index (κ3) is 5.19. The number of nitrogens with zero attached hydrogens (tertiary/aromatic N) is 4. The van der Waals surface area contributed by atoms with Gasteiger partial charge in [-0.2, -0.15) is 9.97 Å². The molecule has 0 aliphatic carbocycles. The molecule has 10 heteroatoms. The molecule has 1 amide bonds. The first kappa shape index (κ1) is 23.5. The van der Waals surface area contributed by atoms with Gasteiger partial charge < -0.3 is 24.0 Å². The first-order valence-electron chi connectivity index (χ1n) is 11.7. The lowest BCUT2D eigenvalue weighted by Gasteiger charge is -2.35. The van der Waals surface area contributed by atoms with Crippen LogP contribution in [0.4, 0.5) is 5.82 Å². The van der Waals surface area contributed by atoms with Gasteiger partial charge in [-0.25, -0.2) is 0 Å². The van der Waals surface area contributed by atoms with Gasteiger partial charge >= 0.3 is 6.01 Å². The highest BCUT2D eigenvalue weighted by molar-refractivity contribution is 7.18. The number of aryl methyl sites for hydroxylation is 1. The number of anilines is 1. The molecular weight excluding hydrogens is 472 g/mol. The Morgan fingerprint density at radius 2 is 2.06 bits per heavy atom. The highest BCUT2D eigenvalue weighted by Crippen LogP contribution is 2.34. The van der Waals surface area contributed by atoms with Crippen molar-refractivity contribution in [1.29, 1.82) is 0 Å². The van der Waals surface area contributed by atoms with E-state index in [1.807, 2.05) is 36.3 Å². The molecule has 1 atom stereocenters. The van der Waals surface area contributed by atoms with E-state index in [2.05, 4.69) is 22.9 Å². The number of hydrogen-bond donors (Lipinski definition) is 0. The molecule has 3 aromatic heterocycles. The minimum Gasteiger partial charge on any atom is -0.461 e. The van der Waals surface area contributed by atoms with Gasteiger partial charge in [0.05, 0.1) is 18.4 Å². The normalized spacial score (nSPS) is 20.3. The molecular formula is C24H30N4O4S2. The van der Waals surface area contributed by atoms with Gasteiger partial charge in [0.15, 0.2) is 5.79 Å². The predicted molar refractivity (Wildman–Crippen MR) is 134 cm³/mol. The summed E-state index contributed by atoms with van der Waals surface area (Å²) in [5, 5.41) is 3.06. The quantitative estimate of drug-likeness (QED) is 0.487. The molecule has 182 valence electrons. The van der Waals surface area contributed by atoms with Crippen LogP contribution in [0.3, 0.4) is 0 Å². The number of ether oxygens (including phenoxy) is 3. The van der Waals surface area contributed by atoms with Crippen LogP contribution in [-0.4, -0.2) is 72.1 Å². The van der Waals surface area contributed by atoms with E-state index in [1.54, 1.807) is 22.7 Å². The Labute approximate surface area is 207 Å². The third-order valence-corrected chi connectivity index (χ3v) is 8.10. The predicted octanol–water partition coefficient (Wildman–Crippen LogP) is 3.74. The Morgan fingerprint density at radius 3 is 2.74 bits per heavy atom. The maximum Gasteiger partial charge on any atom is 0.319 e. The number of rotatable bonds is 7. The van der Waals surface area contributed by atoms with Crippen LogP contribution in [0, 0.1) is 0 Å². The number of thiophene rings is 2. The Balaban J connectivity index is 1.29. The minimum absolute atomic E-state index is 0.148. The molecule has 0 N–H and O–H groups in total. The van der Waals surface area contributed by atoms with Crippen molar-refractivity contribution in [1.82, 2.24) is 14.9 Å². The molecule has 3 aromatic rings. The van der Waals surface area contributed by atoms with Gasteiger partial charge in [-0.3, -0.25) is 4.79 Å². The van der Waals surface area contributed by atoms with Crippen molar-refractivity contribution >= 4 is 44.6 Å². The fraction of sp³-hybridized carbons (Fsp3) is 0.542. The van der Waals surface area contributed by atoms with E-state index < -0.39 is 5.79 Å². The zero-order valence-electron chi connectivity index (χ0n) is 19.8. The molecule has 5 heterocycles. The summed E-state index contributed by atoms with van der Waals surface area (Å²) in [6.45, 7) is 9.59. The first-order chi connectivity index (χ1) is 16.4. The van der Waals surface area contributed by atoms with Gasteiger partial charge in [0.1, 0.15) is 23.4 Å². The van der Waals surface area contributed by atoms with Crippen LogP contribution in [0.1, 0.15) is 30.5 Å². The van der Waals surface area contributed by atoms with Gasteiger partial charge in [-0.1, -0.05) is 13.0 Å². The average Bonchev–Trinajstić information content (AvgIpc) is 3.57. The molecule has 2 saturated heterocycles. The maximum absolute atomic E-state index is 12.7. The molecule has 8 nitrogen and oxygen atoms in total. The molecule has 0 unspecified atom stereocenters. The van der Waals surface area contributed by atoms with Crippen molar-refractivity contribution in [3.63, 3.8) is 0 Å². The Morgan fingerprint density at radius 1 is 1.24 bits per heavy atom. The van der Waals surface area contributed by atoms with Crippen molar-refractivity contribution in [2.75, 3.05) is 44.3 Å². The first-order valence-corrected chi connectivity index (χ1v) is 13.4. The summed E-state index contributed by atoms with van der Waals surface area (Å²) in [6.07, 6.45) is 1.27. The number of carbonyl (C=O) groups is 1. The lowest BCUT2D eigenvalue weighted by atomic mass is 10.2. The van der Waals surface area contributed by atoms with Crippen LogP contribution in [-0.2, 0) is 27.1 Å². The van der Waals surface area contributed by atoms with Crippen LogP contribution in [0.5, 0.6) is 6.01 Å². The molecule has 2 fully saturated rings. The minimum atomic E-state index is -0.589. The molecule has 34 heavy (non-hydrogen) atoms. The summed E-state index contributed by atoms with van der Waals surface area (Å²) in [4.78, 5) is 29.7. The van der Waals surface area contributed by atoms with Crippen molar-refractivity contribution in [3.05, 3.63) is 33.3 Å². The van der Waals surface area contributed by atoms with E-state index in [0.717, 1.165) is 40.4 Å². The van der Waals surface area contributed by atoms with Crippen molar-refractivity contribution in [2.24, 2.45) is 0 Å². The van der Waals surface area contributed by atoms with Gasteiger partial charge in [0.2, 0.25) is 5.91 Å². The molecule has 5 rings (SSSR count). The van der Waals surface area contributed by atoms with Crippen molar-refractivity contribution in [3.8, 4) is 6.01 Å². The number of carbonyl (C=O) groups excluding carboxylic acids is 1. The van der Waals surface area contributed by atoms with E-state index in [-0.39, 0.29) is 12.0 Å². The zero-order chi connectivity index (χ0) is 23.7. The second-order valence-electron chi connectivity index (χ2n) is 9.00. The third-order valence-electron chi connectivity index (χ3n) is 6.05. The molecule has 0 radical (unpaired) electrons. The topological polar surface area (TPSA) is 77.0 Å². The average molecular weight is 503 g/mol. The standard InChI is InChI=1S/C24H30N4O4S2/c1-4-17-12-19-21(28-9-7-27(8-10-28)20(29)13-18-6-5-11-33-18)25-23(26-22(19)34-17)30-14-16-15-31-24(2,3)32-16/h5-6,11-12,16H,4,7-10,13-15H2,1-3H3/t16-/m0/s1. The van der Waals surface area contributed by atoms with Crippen molar-refractivity contribution in [2.45, 2.75) is 45.5 Å². The number of amides is 1. The number of fused-ring (bicyclic) bond motifs is 1. The molecule has 0 bridgehead atoms. The summed E-state index contributed by atoms with van der Waals surface area (Å²) in [6, 6.07) is 6.55. The van der Waals surface area contributed by atoms with Crippen LogP contribution >= 0.6 is 22.7 Å². The lowest BCUT2D eigenvalue weighted by molar-refractivity contribution is -0.141. The van der Waals surface area contributed by atoms with Crippen molar-refractivity contribution < 1.29 is 19.0 Å². The van der Waals surface area contributed by atoms with Crippen LogP contribution in [0.25, 0.3) is 10.2 Å². The summed E-state index contributed by atoms with van der Waals surface area (Å²) < 4.78 is 17.5. The van der Waals surface area contributed by atoms with E-state index in [9.17, 15) is 4.79 Å². The zero-order valence-corrected chi connectivity index (χ0v) is 21.4. The van der Waals surface area contributed by atoms with Crippen LogP contribution in [0.15, 0.2) is 23.6 Å². The number of piperazine rings is 1. The number of hydrogen-bond acceptors (Lipinski definition) is 9. The fourth-order valence-electron chi connectivity index (χ4n) is 4.27. The highest BCUT2D eigenvalue weighted by Gasteiger charge is 2.33. The van der Waals surface area contributed by atoms with Gasteiger partial charge in [-0.05, 0) is 37.8 Å². The monoisotopic (exact) mass is 502 g/mol. The second kappa shape index (κ2) is 9.77. The Bertz CT molecular complexity index is 1140. The largest absolute Gasteiger partial charge is 0.461 e. The summed E-state index contributed by atoms with van der Waals surface area (Å²) >= 11 is 3.31. The van der Waals surface area contributed by atoms with E-state index in [4.69, 9.17) is 19.2 Å². The molecule has 0 aromatic carbocycles. The van der Waals surface area contributed by atoms with E-state index in [1.165, 1.54) is 4.88 Å². The number of aromatic nitrogens is 2. The van der Waals surface area contributed by atoms with E-state index in [0.29, 0.717) is 38.7 Å². The fourth-order valence-corrected chi connectivity index (χ4v) is 5.92. The highest BCUT2D eigenvalue weighted by atomic mass is 32.1. The van der Waals surface area contributed by atoms with Crippen LogP contribution in [0.2, 0.25) is 0 Å². The van der Waals surface area contributed by atoms with Crippen LogP contribution < -0.4 is 9.64 Å². The summed E-state index contributed by atoms with van der Waals surface area (Å²) in [5.74, 6) is 0.476. The Kier molecular flexibility index (Phi) is 6.74. The summed E-state index contributed by atoms with van der Waals surface area (Å²) in [7, 11) is 0. The van der Waals surface area contributed by atoms with E-state index >= 15 is 0 Å². The second-order valence-corrected chi connectivity index (χ2v) is 11.1. The Hall–Kier alpha value is -2.27. The SMILES string of the molecule is CCc1cc2c(N3CCN(C(=O)Cc4cccs4)CC3)nc(OC[C@H]3COC(C)(C)O3)nc2s1. The smallest absolute Gasteiger partial charge is 0.319 e. The van der Waals surface area contributed by atoms with Gasteiger partial charge in [0, 0.05) is 35.9 Å². The lowest BCUT2D eigenvalue weighted by Crippen LogP contribution is -2.49. The molecule has 2 aliphatic rings. The van der Waals surface area contributed by atoms with Gasteiger partial charge in [0.25, 0.3) is 0 Å². The molecule has 0 spiro atoms. The maximum atomic E-state index is 12.7. The summed E-state index contributed by atoms with van der Waals surface area (Å²) in [5.41, 5.74) is 0. The molecule has 0 saturated carbocycles. The molecule has 2 aliphatic heterocycles. The van der Waals surface area contributed by atoms with Gasteiger partial charge in [-0.15, -0.1) is 22.7 Å².